The highest BCUT2D eigenvalue weighted by Gasteiger charge is 2.07. The average molecular weight is 187 g/mol. The fraction of sp³-hybridized carbons (Fsp3) is 0.385. The third-order valence-corrected chi connectivity index (χ3v) is 2.83. The monoisotopic (exact) mass is 187 g/mol. The van der Waals surface area contributed by atoms with E-state index >= 15 is 0 Å². The number of benzene rings is 1. The Morgan fingerprint density at radius 2 is 2.29 bits per heavy atom. The molecule has 74 valence electrons. The van der Waals surface area contributed by atoms with Crippen molar-refractivity contribution in [3.8, 4) is 0 Å². The molecule has 1 aliphatic rings. The van der Waals surface area contributed by atoms with Crippen molar-refractivity contribution >= 4 is 6.08 Å². The van der Waals surface area contributed by atoms with Crippen LogP contribution in [0.2, 0.25) is 0 Å². The zero-order chi connectivity index (χ0) is 9.97. The summed E-state index contributed by atoms with van der Waals surface area (Å²) in [6.45, 7) is 2.97. The number of hydrogen-bond donors (Lipinski definition) is 1. The first-order valence-electron chi connectivity index (χ1n) is 5.28. The summed E-state index contributed by atoms with van der Waals surface area (Å²) in [5, 5.41) is 0. The van der Waals surface area contributed by atoms with Gasteiger partial charge in [0, 0.05) is 0 Å². The SMILES string of the molecule is CC(CN)Cc1ccc2c(c1)C=CC2. The topological polar surface area (TPSA) is 26.0 Å². The van der Waals surface area contributed by atoms with Crippen molar-refractivity contribution in [3.05, 3.63) is 41.0 Å². The van der Waals surface area contributed by atoms with Crippen LogP contribution in [0.3, 0.4) is 0 Å². The molecule has 1 unspecified atom stereocenters. The first kappa shape index (κ1) is 9.47. The van der Waals surface area contributed by atoms with Crippen LogP contribution in [-0.4, -0.2) is 6.54 Å². The maximum atomic E-state index is 5.62. The molecule has 0 heterocycles. The van der Waals surface area contributed by atoms with Crippen molar-refractivity contribution in [1.82, 2.24) is 0 Å². The molecule has 0 aliphatic heterocycles. The summed E-state index contributed by atoms with van der Waals surface area (Å²) in [5.41, 5.74) is 9.88. The molecule has 1 nitrogen and oxygen atoms in total. The van der Waals surface area contributed by atoms with Gasteiger partial charge in [0.15, 0.2) is 0 Å². The lowest BCUT2D eigenvalue weighted by molar-refractivity contribution is 0.593. The predicted octanol–water partition coefficient (Wildman–Crippen LogP) is 2.39. The standard InChI is InChI=1S/C13H17N/c1-10(9-14)7-11-5-6-12-3-2-4-13(12)8-11/h2,4-6,8,10H,3,7,9,14H2,1H3. The quantitative estimate of drug-likeness (QED) is 0.772. The Bertz CT molecular complexity index is 352. The van der Waals surface area contributed by atoms with Crippen LogP contribution in [0.5, 0.6) is 0 Å². The summed E-state index contributed by atoms with van der Waals surface area (Å²) in [4.78, 5) is 0. The molecule has 0 bridgehead atoms. The summed E-state index contributed by atoms with van der Waals surface area (Å²) >= 11 is 0. The van der Waals surface area contributed by atoms with Crippen molar-refractivity contribution < 1.29 is 0 Å². The lowest BCUT2D eigenvalue weighted by Gasteiger charge is -2.09. The summed E-state index contributed by atoms with van der Waals surface area (Å²) < 4.78 is 0. The number of hydrogen-bond acceptors (Lipinski definition) is 1. The van der Waals surface area contributed by atoms with Crippen molar-refractivity contribution in [2.75, 3.05) is 6.54 Å². The summed E-state index contributed by atoms with van der Waals surface area (Å²) in [6.07, 6.45) is 6.63. The van der Waals surface area contributed by atoms with Crippen LogP contribution in [0.15, 0.2) is 24.3 Å². The van der Waals surface area contributed by atoms with E-state index in [0.29, 0.717) is 5.92 Å². The Morgan fingerprint density at radius 3 is 3.07 bits per heavy atom. The van der Waals surface area contributed by atoms with Crippen LogP contribution in [0.1, 0.15) is 23.6 Å². The molecule has 2 N–H and O–H groups in total. The average Bonchev–Trinajstić information content (AvgIpc) is 2.64. The maximum absolute atomic E-state index is 5.62. The van der Waals surface area contributed by atoms with Gasteiger partial charge in [0.1, 0.15) is 0 Å². The molecule has 2 rings (SSSR count). The van der Waals surface area contributed by atoms with Gasteiger partial charge in [0.25, 0.3) is 0 Å². The van der Waals surface area contributed by atoms with E-state index in [1.165, 1.54) is 16.7 Å². The molecule has 0 aromatic heterocycles. The van der Waals surface area contributed by atoms with Crippen molar-refractivity contribution in [1.29, 1.82) is 0 Å². The summed E-state index contributed by atoms with van der Waals surface area (Å²) in [5.74, 6) is 0.582. The summed E-state index contributed by atoms with van der Waals surface area (Å²) in [6, 6.07) is 6.77. The number of rotatable bonds is 3. The van der Waals surface area contributed by atoms with Gasteiger partial charge in [-0.1, -0.05) is 37.3 Å². The molecule has 1 aromatic carbocycles. The van der Waals surface area contributed by atoms with Gasteiger partial charge < -0.3 is 5.73 Å². The van der Waals surface area contributed by atoms with Gasteiger partial charge in [-0.25, -0.2) is 0 Å². The highest BCUT2D eigenvalue weighted by atomic mass is 14.5. The predicted molar refractivity (Wildman–Crippen MR) is 61.1 cm³/mol. The Morgan fingerprint density at radius 1 is 1.43 bits per heavy atom. The molecule has 0 radical (unpaired) electrons. The fourth-order valence-corrected chi connectivity index (χ4v) is 1.91. The van der Waals surface area contributed by atoms with Gasteiger partial charge in [-0.2, -0.15) is 0 Å². The second-order valence-corrected chi connectivity index (χ2v) is 4.18. The summed E-state index contributed by atoms with van der Waals surface area (Å²) in [7, 11) is 0. The van der Waals surface area contributed by atoms with Crippen LogP contribution in [0.25, 0.3) is 6.08 Å². The van der Waals surface area contributed by atoms with Crippen LogP contribution in [0, 0.1) is 5.92 Å². The number of allylic oxidation sites excluding steroid dienone is 1. The Labute approximate surface area is 85.6 Å². The van der Waals surface area contributed by atoms with E-state index in [1.807, 2.05) is 0 Å². The zero-order valence-corrected chi connectivity index (χ0v) is 8.66. The molecule has 1 atom stereocenters. The van der Waals surface area contributed by atoms with Gasteiger partial charge in [-0.3, -0.25) is 0 Å². The molecular weight excluding hydrogens is 170 g/mol. The molecule has 0 amide bonds. The third-order valence-electron chi connectivity index (χ3n) is 2.83. The number of nitrogens with two attached hydrogens (primary N) is 1. The maximum Gasteiger partial charge on any atom is -0.00483 e. The zero-order valence-electron chi connectivity index (χ0n) is 8.66. The molecule has 0 saturated carbocycles. The third kappa shape index (κ3) is 1.88. The molecule has 0 saturated heterocycles. The fourth-order valence-electron chi connectivity index (χ4n) is 1.91. The molecule has 0 fully saturated rings. The lowest BCUT2D eigenvalue weighted by Crippen LogP contribution is -2.13. The largest absolute Gasteiger partial charge is 0.330 e. The van der Waals surface area contributed by atoms with E-state index in [2.05, 4.69) is 37.3 Å². The molecule has 0 spiro atoms. The van der Waals surface area contributed by atoms with Gasteiger partial charge in [-0.15, -0.1) is 0 Å². The second-order valence-electron chi connectivity index (χ2n) is 4.18. The van der Waals surface area contributed by atoms with Crippen molar-refractivity contribution in [2.45, 2.75) is 19.8 Å². The van der Waals surface area contributed by atoms with Gasteiger partial charge >= 0.3 is 0 Å². The van der Waals surface area contributed by atoms with E-state index in [9.17, 15) is 0 Å². The van der Waals surface area contributed by atoms with Crippen molar-refractivity contribution in [3.63, 3.8) is 0 Å². The van der Waals surface area contributed by atoms with Crippen LogP contribution in [0.4, 0.5) is 0 Å². The Kier molecular flexibility index (Phi) is 2.69. The minimum atomic E-state index is 0.582. The second kappa shape index (κ2) is 3.97. The number of fused-ring (bicyclic) bond motifs is 1. The van der Waals surface area contributed by atoms with E-state index < -0.39 is 0 Å². The first-order chi connectivity index (χ1) is 6.79. The first-order valence-corrected chi connectivity index (χ1v) is 5.28. The molecule has 1 heteroatoms. The molecule has 1 aromatic rings. The lowest BCUT2D eigenvalue weighted by atomic mass is 9.98. The van der Waals surface area contributed by atoms with Crippen LogP contribution < -0.4 is 5.73 Å². The smallest absolute Gasteiger partial charge is 0.00483 e. The minimum absolute atomic E-state index is 0.582. The highest BCUT2D eigenvalue weighted by Crippen LogP contribution is 2.21. The molecule has 1 aliphatic carbocycles. The van der Waals surface area contributed by atoms with Gasteiger partial charge in [0.05, 0.1) is 0 Å². The van der Waals surface area contributed by atoms with E-state index in [1.54, 1.807) is 0 Å². The van der Waals surface area contributed by atoms with E-state index in [4.69, 9.17) is 5.73 Å². The molecule has 14 heavy (non-hydrogen) atoms. The minimum Gasteiger partial charge on any atom is -0.330 e. The van der Waals surface area contributed by atoms with Crippen LogP contribution in [-0.2, 0) is 12.8 Å². The normalized spacial score (nSPS) is 15.6. The Hall–Kier alpha value is -1.08. The van der Waals surface area contributed by atoms with E-state index in [0.717, 1.165) is 19.4 Å². The van der Waals surface area contributed by atoms with E-state index in [-0.39, 0.29) is 0 Å². The Balaban J connectivity index is 2.16. The van der Waals surface area contributed by atoms with Gasteiger partial charge in [0.2, 0.25) is 0 Å². The van der Waals surface area contributed by atoms with Crippen LogP contribution >= 0.6 is 0 Å². The van der Waals surface area contributed by atoms with Gasteiger partial charge in [-0.05, 0) is 42.0 Å². The van der Waals surface area contributed by atoms with Crippen molar-refractivity contribution in [2.24, 2.45) is 11.7 Å². The highest BCUT2D eigenvalue weighted by molar-refractivity contribution is 5.60. The molecular formula is C13H17N.